The Balaban J connectivity index is 2.29. The van der Waals surface area contributed by atoms with Crippen molar-refractivity contribution >= 4 is 17.1 Å². The summed E-state index contributed by atoms with van der Waals surface area (Å²) in [5, 5.41) is 16.5. The Morgan fingerprint density at radius 3 is 2.11 bits per heavy atom. The van der Waals surface area contributed by atoms with Gasteiger partial charge in [0.2, 0.25) is 0 Å². The molecule has 0 atom stereocenters. The Labute approximate surface area is 112 Å². The number of hydrazone groups is 1. The number of hydrogen-bond donors (Lipinski definition) is 2. The third kappa shape index (κ3) is 3.42. The van der Waals surface area contributed by atoms with Gasteiger partial charge in [-0.05, 0) is 19.1 Å². The van der Waals surface area contributed by atoms with Gasteiger partial charge in [-0.2, -0.15) is 5.10 Å². The van der Waals surface area contributed by atoms with Gasteiger partial charge in [0.25, 0.3) is 0 Å². The second-order valence-corrected chi connectivity index (χ2v) is 3.99. The summed E-state index contributed by atoms with van der Waals surface area (Å²) >= 11 is 0. The molecule has 0 amide bonds. The molecule has 0 saturated heterocycles. The van der Waals surface area contributed by atoms with Crippen LogP contribution in [0.5, 0.6) is 0 Å². The number of para-hydroxylation sites is 1. The highest BCUT2D eigenvalue weighted by molar-refractivity contribution is 6.47. The van der Waals surface area contributed by atoms with E-state index in [1.807, 2.05) is 60.7 Å². The van der Waals surface area contributed by atoms with E-state index in [4.69, 9.17) is 5.21 Å². The van der Waals surface area contributed by atoms with Crippen molar-refractivity contribution in [3.8, 4) is 0 Å². The van der Waals surface area contributed by atoms with Crippen molar-refractivity contribution in [2.75, 3.05) is 5.43 Å². The van der Waals surface area contributed by atoms with Gasteiger partial charge in [-0.1, -0.05) is 53.7 Å². The maximum atomic E-state index is 8.94. The van der Waals surface area contributed by atoms with E-state index in [0.717, 1.165) is 11.3 Å². The normalized spacial score (nSPS) is 12.3. The molecule has 0 bridgehead atoms. The number of anilines is 1. The van der Waals surface area contributed by atoms with Crippen LogP contribution >= 0.6 is 0 Å². The number of oxime groups is 1. The molecule has 4 nitrogen and oxygen atoms in total. The van der Waals surface area contributed by atoms with Gasteiger partial charge in [-0.3, -0.25) is 5.43 Å². The highest BCUT2D eigenvalue weighted by Gasteiger charge is 2.07. The van der Waals surface area contributed by atoms with Crippen molar-refractivity contribution in [1.82, 2.24) is 0 Å². The SMILES string of the molecule is CC(=N/O)/C(=N/Nc1ccccc1)c1ccccc1. The minimum Gasteiger partial charge on any atom is -0.411 e. The average Bonchev–Trinajstić information content (AvgIpc) is 2.49. The summed E-state index contributed by atoms with van der Waals surface area (Å²) in [6, 6.07) is 19.2. The molecule has 0 aliphatic carbocycles. The van der Waals surface area contributed by atoms with Crippen LogP contribution in [-0.2, 0) is 0 Å². The van der Waals surface area contributed by atoms with E-state index in [2.05, 4.69) is 15.7 Å². The first kappa shape index (κ1) is 12.8. The molecule has 2 aromatic rings. The Morgan fingerprint density at radius 1 is 0.947 bits per heavy atom. The van der Waals surface area contributed by atoms with Crippen LogP contribution in [0.1, 0.15) is 12.5 Å². The Bertz CT molecular complexity index is 577. The molecule has 0 aromatic heterocycles. The third-order valence-electron chi connectivity index (χ3n) is 2.61. The van der Waals surface area contributed by atoms with Crippen LogP contribution < -0.4 is 5.43 Å². The third-order valence-corrected chi connectivity index (χ3v) is 2.61. The molecule has 0 spiro atoms. The van der Waals surface area contributed by atoms with Crippen molar-refractivity contribution in [2.24, 2.45) is 10.3 Å². The molecule has 0 radical (unpaired) electrons. The van der Waals surface area contributed by atoms with Gasteiger partial charge >= 0.3 is 0 Å². The van der Waals surface area contributed by atoms with Crippen molar-refractivity contribution < 1.29 is 5.21 Å². The molecular weight excluding hydrogens is 238 g/mol. The number of nitrogens with zero attached hydrogens (tertiary/aromatic N) is 2. The lowest BCUT2D eigenvalue weighted by molar-refractivity contribution is 0.320. The standard InChI is InChI=1S/C15H15N3O/c1-12(18-19)15(13-8-4-2-5-9-13)17-16-14-10-6-3-7-11-14/h2-11,16,19H,1H3/b17-15-,18-12-. The van der Waals surface area contributed by atoms with Crippen LogP contribution in [0.2, 0.25) is 0 Å². The zero-order valence-corrected chi connectivity index (χ0v) is 10.6. The van der Waals surface area contributed by atoms with E-state index in [-0.39, 0.29) is 0 Å². The summed E-state index contributed by atoms with van der Waals surface area (Å²) in [6.45, 7) is 1.71. The highest BCUT2D eigenvalue weighted by atomic mass is 16.4. The van der Waals surface area contributed by atoms with Gasteiger partial charge in [0.15, 0.2) is 0 Å². The topological polar surface area (TPSA) is 57.0 Å². The van der Waals surface area contributed by atoms with E-state index in [1.165, 1.54) is 0 Å². The second-order valence-electron chi connectivity index (χ2n) is 3.99. The van der Waals surface area contributed by atoms with Crippen LogP contribution in [-0.4, -0.2) is 16.6 Å². The fourth-order valence-electron chi connectivity index (χ4n) is 1.63. The lowest BCUT2D eigenvalue weighted by atomic mass is 10.1. The molecule has 0 heterocycles. The quantitative estimate of drug-likeness (QED) is 0.498. The monoisotopic (exact) mass is 253 g/mol. The van der Waals surface area contributed by atoms with Crippen molar-refractivity contribution in [3.63, 3.8) is 0 Å². The Morgan fingerprint density at radius 2 is 1.53 bits per heavy atom. The van der Waals surface area contributed by atoms with Crippen LogP contribution in [0.15, 0.2) is 70.9 Å². The molecule has 0 unspecified atom stereocenters. The summed E-state index contributed by atoms with van der Waals surface area (Å²) in [5.41, 5.74) is 5.78. The van der Waals surface area contributed by atoms with Crippen LogP contribution in [0.25, 0.3) is 0 Å². The van der Waals surface area contributed by atoms with Gasteiger partial charge in [-0.25, -0.2) is 0 Å². The molecule has 2 rings (SSSR count). The molecular formula is C15H15N3O. The Hall–Kier alpha value is -2.62. The summed E-state index contributed by atoms with van der Waals surface area (Å²) < 4.78 is 0. The van der Waals surface area contributed by atoms with Gasteiger partial charge in [0.05, 0.1) is 5.69 Å². The molecule has 19 heavy (non-hydrogen) atoms. The number of benzene rings is 2. The predicted octanol–water partition coefficient (Wildman–Crippen LogP) is 3.35. The molecule has 0 aliphatic heterocycles. The molecule has 0 saturated carbocycles. The van der Waals surface area contributed by atoms with Gasteiger partial charge in [0, 0.05) is 5.56 Å². The first-order valence-electron chi connectivity index (χ1n) is 5.94. The minimum absolute atomic E-state index is 0.453. The number of nitrogens with one attached hydrogen (secondary N) is 1. The Kier molecular flexibility index (Phi) is 4.29. The van der Waals surface area contributed by atoms with E-state index in [9.17, 15) is 0 Å². The van der Waals surface area contributed by atoms with Gasteiger partial charge in [-0.15, -0.1) is 0 Å². The van der Waals surface area contributed by atoms with Gasteiger partial charge < -0.3 is 5.21 Å². The summed E-state index contributed by atoms with van der Waals surface area (Å²) in [5.74, 6) is 0. The smallest absolute Gasteiger partial charge is 0.115 e. The van der Waals surface area contributed by atoms with E-state index >= 15 is 0 Å². The number of rotatable bonds is 4. The molecule has 96 valence electrons. The molecule has 2 aromatic carbocycles. The maximum Gasteiger partial charge on any atom is 0.115 e. The molecule has 4 heteroatoms. The zero-order chi connectivity index (χ0) is 13.5. The fraction of sp³-hybridized carbons (Fsp3) is 0.0667. The summed E-state index contributed by atoms with van der Waals surface area (Å²) in [4.78, 5) is 0. The van der Waals surface area contributed by atoms with Crippen LogP contribution in [0.3, 0.4) is 0 Å². The molecule has 0 fully saturated rings. The zero-order valence-electron chi connectivity index (χ0n) is 10.6. The van der Waals surface area contributed by atoms with Crippen molar-refractivity contribution in [3.05, 3.63) is 66.2 Å². The first-order chi connectivity index (χ1) is 9.31. The fourth-order valence-corrected chi connectivity index (χ4v) is 1.63. The van der Waals surface area contributed by atoms with Crippen molar-refractivity contribution in [1.29, 1.82) is 0 Å². The second kappa shape index (κ2) is 6.35. The maximum absolute atomic E-state index is 8.94. The van der Waals surface area contributed by atoms with Crippen LogP contribution in [0.4, 0.5) is 5.69 Å². The van der Waals surface area contributed by atoms with E-state index < -0.39 is 0 Å². The van der Waals surface area contributed by atoms with Crippen molar-refractivity contribution in [2.45, 2.75) is 6.92 Å². The van der Waals surface area contributed by atoms with Crippen LogP contribution in [0, 0.1) is 0 Å². The summed E-state index contributed by atoms with van der Waals surface area (Å²) in [6.07, 6.45) is 0. The van der Waals surface area contributed by atoms with Gasteiger partial charge in [0.1, 0.15) is 11.4 Å². The number of hydrogen-bond acceptors (Lipinski definition) is 4. The first-order valence-corrected chi connectivity index (χ1v) is 5.94. The molecule has 2 N–H and O–H groups in total. The predicted molar refractivity (Wildman–Crippen MR) is 77.9 cm³/mol. The average molecular weight is 253 g/mol. The lowest BCUT2D eigenvalue weighted by Crippen LogP contribution is -2.14. The highest BCUT2D eigenvalue weighted by Crippen LogP contribution is 2.08. The summed E-state index contributed by atoms with van der Waals surface area (Å²) in [7, 11) is 0. The van der Waals surface area contributed by atoms with E-state index in [1.54, 1.807) is 6.92 Å². The lowest BCUT2D eigenvalue weighted by Gasteiger charge is -2.06. The van der Waals surface area contributed by atoms with E-state index in [0.29, 0.717) is 11.4 Å². The largest absolute Gasteiger partial charge is 0.411 e. The molecule has 0 aliphatic rings. The minimum atomic E-state index is 0.453.